The molecule has 0 bridgehead atoms. The molecule has 4 heterocycles. The van der Waals surface area contributed by atoms with E-state index in [2.05, 4.69) is 25.9 Å². The number of anilines is 1. The number of carbonyl (C=O) groups excluding carboxylic acids is 3. The number of aromatic nitrogens is 2. The van der Waals surface area contributed by atoms with Crippen LogP contribution in [0.25, 0.3) is 10.2 Å². The summed E-state index contributed by atoms with van der Waals surface area (Å²) in [6, 6.07) is 3.01. The van der Waals surface area contributed by atoms with Crippen molar-refractivity contribution in [2.75, 3.05) is 5.32 Å². The van der Waals surface area contributed by atoms with E-state index in [-0.39, 0.29) is 52.4 Å². The van der Waals surface area contributed by atoms with Crippen LogP contribution in [0.5, 0.6) is 0 Å². The first kappa shape index (κ1) is 25.2. The van der Waals surface area contributed by atoms with Gasteiger partial charge in [0, 0.05) is 12.5 Å². The van der Waals surface area contributed by atoms with E-state index in [4.69, 9.17) is 23.2 Å². The fourth-order valence-electron chi connectivity index (χ4n) is 4.14. The molecule has 3 aromatic rings. The third-order valence-electron chi connectivity index (χ3n) is 5.99. The number of urea groups is 1. The normalized spacial score (nSPS) is 17.7. The van der Waals surface area contributed by atoms with Crippen LogP contribution >= 0.6 is 34.5 Å². The van der Waals surface area contributed by atoms with Crippen molar-refractivity contribution < 1.29 is 23.6 Å². The van der Waals surface area contributed by atoms with E-state index in [9.17, 15) is 23.7 Å². The molecule has 1 atom stereocenters. The molecule has 2 aliphatic heterocycles. The maximum atomic E-state index is 14.1. The molecule has 192 valence electrons. The quantitative estimate of drug-likeness (QED) is 0.245. The summed E-state index contributed by atoms with van der Waals surface area (Å²) in [5.41, 5.74) is -0.0999. The first-order valence-corrected chi connectivity index (χ1v) is 12.6. The van der Waals surface area contributed by atoms with Gasteiger partial charge in [0.05, 0.1) is 20.2 Å². The second kappa shape index (κ2) is 9.15. The van der Waals surface area contributed by atoms with Gasteiger partial charge in [-0.05, 0) is 32.4 Å². The van der Waals surface area contributed by atoms with E-state index < -0.39 is 29.3 Å². The van der Waals surface area contributed by atoms with Crippen LogP contribution in [0.15, 0.2) is 18.2 Å². The molecule has 2 aromatic heterocycles. The van der Waals surface area contributed by atoms with Crippen LogP contribution in [0.2, 0.25) is 10.0 Å². The Hall–Kier alpha value is -3.42. The number of hydrogen-bond donors (Lipinski definition) is 3. The summed E-state index contributed by atoms with van der Waals surface area (Å²) in [4.78, 5) is 58.5. The summed E-state index contributed by atoms with van der Waals surface area (Å²) in [6.45, 7) is 3.48. The van der Waals surface area contributed by atoms with Crippen molar-refractivity contribution in [3.05, 3.63) is 49.7 Å². The van der Waals surface area contributed by atoms with Crippen molar-refractivity contribution in [1.82, 2.24) is 25.6 Å². The summed E-state index contributed by atoms with van der Waals surface area (Å²) in [5, 5.41) is 9.13. The maximum absolute atomic E-state index is 14.1. The zero-order valence-electron chi connectivity index (χ0n) is 19.4. The number of piperidine rings is 1. The van der Waals surface area contributed by atoms with Gasteiger partial charge < -0.3 is 5.32 Å². The van der Waals surface area contributed by atoms with Crippen molar-refractivity contribution in [3.63, 3.8) is 0 Å². The summed E-state index contributed by atoms with van der Waals surface area (Å²) >= 11 is 13.1. The topological polar surface area (TPSA) is 136 Å². The van der Waals surface area contributed by atoms with Crippen LogP contribution in [0, 0.1) is 10.7 Å². The molecule has 0 saturated carbocycles. The van der Waals surface area contributed by atoms with Gasteiger partial charge in [-0.15, -0.1) is 16.3 Å². The van der Waals surface area contributed by atoms with Crippen molar-refractivity contribution >= 4 is 74.1 Å². The number of hydrogen-bond acceptors (Lipinski definition) is 7. The molecule has 2 aliphatic rings. The lowest BCUT2D eigenvalue weighted by Crippen LogP contribution is -2.52. The van der Waals surface area contributed by atoms with Gasteiger partial charge in [-0.3, -0.25) is 20.2 Å². The van der Waals surface area contributed by atoms with E-state index in [1.54, 1.807) is 13.8 Å². The molecule has 0 aliphatic carbocycles. The summed E-state index contributed by atoms with van der Waals surface area (Å²) in [7, 11) is 0. The Kier molecular flexibility index (Phi) is 6.24. The van der Waals surface area contributed by atoms with Gasteiger partial charge in [-0.1, -0.05) is 23.2 Å². The summed E-state index contributed by atoms with van der Waals surface area (Å²) in [5.74, 6) is -1.48. The predicted molar refractivity (Wildman–Crippen MR) is 134 cm³/mol. The number of nitroso groups, excluding NO2 is 1. The molecule has 1 saturated heterocycles. The lowest BCUT2D eigenvalue weighted by molar-refractivity contribution is -0.640. The minimum Gasteiger partial charge on any atom is -0.326 e. The Morgan fingerprint density at radius 3 is 2.78 bits per heavy atom. The van der Waals surface area contributed by atoms with Crippen LogP contribution in [-0.4, -0.2) is 43.7 Å². The van der Waals surface area contributed by atoms with Gasteiger partial charge in [0.2, 0.25) is 5.91 Å². The molecule has 1 fully saturated rings. The second-order valence-corrected chi connectivity index (χ2v) is 10.9. The molecule has 0 radical (unpaired) electrons. The molecule has 37 heavy (non-hydrogen) atoms. The average molecular weight is 567 g/mol. The van der Waals surface area contributed by atoms with Crippen LogP contribution in [0.4, 0.5) is 20.7 Å². The van der Waals surface area contributed by atoms with E-state index >= 15 is 0 Å². The Morgan fingerprint density at radius 1 is 1.30 bits per heavy atom. The van der Waals surface area contributed by atoms with Crippen molar-refractivity contribution in [3.8, 4) is 0 Å². The molecular weight excluding hydrogens is 548 g/mol. The number of halogens is 3. The van der Waals surface area contributed by atoms with Crippen molar-refractivity contribution in [2.24, 2.45) is 0 Å². The Labute approximate surface area is 222 Å². The van der Waals surface area contributed by atoms with Gasteiger partial charge in [-0.2, -0.15) is 0 Å². The molecule has 5 rings (SSSR count). The summed E-state index contributed by atoms with van der Waals surface area (Å²) in [6.07, 6.45) is 0.353. The molecule has 3 N–H and O–H groups in total. The molecule has 11 nitrogen and oxygen atoms in total. The van der Waals surface area contributed by atoms with E-state index in [0.717, 1.165) is 0 Å². The molecule has 15 heteroatoms. The summed E-state index contributed by atoms with van der Waals surface area (Å²) < 4.78 is 14.6. The van der Waals surface area contributed by atoms with Gasteiger partial charge >= 0.3 is 11.7 Å². The number of carbonyl (C=O) groups is 3. The van der Waals surface area contributed by atoms with Crippen LogP contribution in [0.1, 0.15) is 37.4 Å². The highest BCUT2D eigenvalue weighted by molar-refractivity contribution is 7.18. The Bertz CT molecular complexity index is 1510. The Balaban J connectivity index is 1.29. The second-order valence-electron chi connectivity index (χ2n) is 9.06. The van der Waals surface area contributed by atoms with Crippen LogP contribution < -0.4 is 16.0 Å². The van der Waals surface area contributed by atoms with Gasteiger partial charge in [0.25, 0.3) is 5.91 Å². The number of hydrazine groups is 1. The fourth-order valence-corrected chi connectivity index (χ4v) is 5.83. The number of thiazole rings is 1. The van der Waals surface area contributed by atoms with Crippen LogP contribution in [0.3, 0.4) is 0 Å². The monoisotopic (exact) mass is 566 g/mol. The number of nitrogens with zero attached hydrogens (tertiary/aromatic N) is 4. The highest BCUT2D eigenvalue weighted by atomic mass is 35.5. The smallest absolute Gasteiger partial charge is 0.321 e. The van der Waals surface area contributed by atoms with E-state index in [1.165, 1.54) is 34.5 Å². The maximum Gasteiger partial charge on any atom is 0.321 e. The zero-order chi connectivity index (χ0) is 26.6. The molecular formula is C22H19Cl2FN7O4S+. The third-order valence-corrected chi connectivity index (χ3v) is 7.94. The van der Waals surface area contributed by atoms with Gasteiger partial charge in [-0.25, -0.2) is 19.2 Å². The zero-order valence-corrected chi connectivity index (χ0v) is 21.7. The lowest BCUT2D eigenvalue weighted by atomic mass is 10.1. The highest BCUT2D eigenvalue weighted by Crippen LogP contribution is 2.38. The average Bonchev–Trinajstić information content (AvgIpc) is 3.39. The largest absolute Gasteiger partial charge is 0.326 e. The predicted octanol–water partition coefficient (Wildman–Crippen LogP) is 4.14. The SMILES string of the molecule is CC(C)(NC(=O)Nc1ccc2c(n1)CN(C1CCC(=O)NC1=O)[N+]2=O)c1nc2c(Cl)c(F)c(Cl)cc2s1. The first-order valence-electron chi connectivity index (χ1n) is 11.1. The number of rotatable bonds is 4. The van der Waals surface area contributed by atoms with E-state index in [1.807, 2.05) is 0 Å². The standard InChI is InChI=1S/C22H18Cl2FN7O4S/c1-22(2,20-29-18-13(37-20)7-9(23)17(25)16(18)24)30-21(35)27-14-5-3-11-10(26-14)8-31(32(11)36)12-4-6-15(33)28-19(12)34/h3,5,7,12H,4,6,8H2,1-2H3,(H2-,26,27,28,30,33,34,35,36)/p+1. The minimum absolute atomic E-state index is 0.0410. The van der Waals surface area contributed by atoms with Crippen LogP contribution in [-0.2, 0) is 21.7 Å². The number of nitrogens with one attached hydrogen (secondary N) is 3. The third kappa shape index (κ3) is 4.58. The fraction of sp³-hybridized carbons (Fsp3) is 0.318. The molecule has 0 spiro atoms. The number of fused-ring (bicyclic) bond motifs is 2. The van der Waals surface area contributed by atoms with Gasteiger partial charge in [0.15, 0.2) is 16.7 Å². The Morgan fingerprint density at radius 2 is 2.05 bits per heavy atom. The highest BCUT2D eigenvalue weighted by Gasteiger charge is 2.46. The number of imide groups is 1. The molecule has 1 aromatic carbocycles. The van der Waals surface area contributed by atoms with Crippen molar-refractivity contribution in [1.29, 1.82) is 0 Å². The minimum atomic E-state index is -0.967. The molecule has 4 amide bonds. The van der Waals surface area contributed by atoms with Crippen molar-refractivity contribution in [2.45, 2.75) is 44.8 Å². The number of amides is 4. The number of pyridine rings is 1. The molecule has 1 unspecified atom stereocenters. The first-order chi connectivity index (χ1) is 17.4. The van der Waals surface area contributed by atoms with E-state index in [0.29, 0.717) is 20.3 Å². The number of benzene rings is 1. The lowest BCUT2D eigenvalue weighted by Gasteiger charge is -2.23. The van der Waals surface area contributed by atoms with Gasteiger partial charge in [0.1, 0.15) is 33.6 Å².